The van der Waals surface area contributed by atoms with Gasteiger partial charge in [-0.2, -0.15) is 0 Å². The van der Waals surface area contributed by atoms with Crippen LogP contribution >= 0.6 is 0 Å². The maximum atomic E-state index is 11.4. The number of anilines is 1. The fourth-order valence-electron chi connectivity index (χ4n) is 11.8. The number of benzene rings is 5. The Morgan fingerprint density at radius 2 is 1.47 bits per heavy atom. The molecule has 72 heavy (non-hydrogen) atoms. The minimum atomic E-state index is -1.47. The summed E-state index contributed by atoms with van der Waals surface area (Å²) >= 11 is 0. The van der Waals surface area contributed by atoms with E-state index in [1.807, 2.05) is 0 Å². The number of carbonyl (C=O) groups is 1. The molecular formula is C63H75NO7Si. The predicted octanol–water partition coefficient (Wildman–Crippen LogP) is 13.6. The second kappa shape index (κ2) is 22.2. The molecule has 1 fully saturated rings. The van der Waals surface area contributed by atoms with Crippen LogP contribution in [0.15, 0.2) is 133 Å². The van der Waals surface area contributed by atoms with Gasteiger partial charge in [0.15, 0.2) is 11.5 Å². The van der Waals surface area contributed by atoms with Crippen LogP contribution in [0.1, 0.15) is 94.4 Å². The molecule has 2 aliphatic carbocycles. The fraction of sp³-hybridized carbons (Fsp3) is 0.413. The van der Waals surface area contributed by atoms with Gasteiger partial charge in [0.2, 0.25) is 0 Å². The molecule has 5 aromatic carbocycles. The lowest BCUT2D eigenvalue weighted by molar-refractivity contribution is -0.117. The van der Waals surface area contributed by atoms with E-state index in [-0.39, 0.29) is 23.6 Å². The molecule has 0 amide bonds. The molecule has 0 bridgehead atoms. The van der Waals surface area contributed by atoms with Crippen molar-refractivity contribution in [1.82, 2.24) is 0 Å². The minimum absolute atomic E-state index is 0.142. The summed E-state index contributed by atoms with van der Waals surface area (Å²) in [5, 5.41) is 3.91. The molecule has 4 aliphatic rings. The van der Waals surface area contributed by atoms with E-state index in [1.54, 1.807) is 7.11 Å². The molecule has 0 radical (unpaired) electrons. The van der Waals surface area contributed by atoms with Crippen molar-refractivity contribution in [1.29, 1.82) is 0 Å². The summed E-state index contributed by atoms with van der Waals surface area (Å²) in [6.07, 6.45) is 15.0. The van der Waals surface area contributed by atoms with E-state index in [4.69, 9.17) is 28.4 Å². The summed E-state index contributed by atoms with van der Waals surface area (Å²) in [6.45, 7) is 21.8. The second-order valence-electron chi connectivity index (χ2n) is 21.0. The molecule has 0 aromatic heterocycles. The maximum absolute atomic E-state index is 11.4. The number of rotatable bonds is 22. The average molecular weight is 986 g/mol. The van der Waals surface area contributed by atoms with Gasteiger partial charge in [-0.25, -0.2) is 0 Å². The average Bonchev–Trinajstić information content (AvgIpc) is 3.68. The van der Waals surface area contributed by atoms with E-state index < -0.39 is 13.7 Å². The fourth-order valence-corrected chi connectivity index (χ4v) is 13.0. The van der Waals surface area contributed by atoms with Crippen LogP contribution in [0.25, 0.3) is 38.6 Å². The Balaban J connectivity index is 1.14. The number of hydrogen-bond acceptors (Lipinski definition) is 8. The SMILES string of the molecule is C=C(OCCOCCOCCOC1(c2ccccc2)C=CC(OC)=C(C2=CCOc3c2c2c(c4cc(N5CCCCC5)ccc34)-c3ccc(-c4ccc([Si](C)(C)C)cc4)cc3C2(CCC)CCC)C1)C(C)=O. The van der Waals surface area contributed by atoms with E-state index in [2.05, 4.69) is 154 Å². The van der Waals surface area contributed by atoms with Gasteiger partial charge in [-0.1, -0.05) is 125 Å². The van der Waals surface area contributed by atoms with Crippen LogP contribution in [0, 0.1) is 0 Å². The number of ether oxygens (including phenoxy) is 6. The molecule has 0 saturated carbocycles. The minimum Gasteiger partial charge on any atom is -0.496 e. The Morgan fingerprint density at radius 1 is 0.778 bits per heavy atom. The van der Waals surface area contributed by atoms with Gasteiger partial charge in [-0.15, -0.1) is 0 Å². The highest BCUT2D eigenvalue weighted by molar-refractivity contribution is 6.88. The molecule has 8 nitrogen and oxygen atoms in total. The van der Waals surface area contributed by atoms with Crippen molar-refractivity contribution >= 4 is 41.1 Å². The first kappa shape index (κ1) is 51.2. The Hall–Kier alpha value is -5.71. The molecular weight excluding hydrogens is 911 g/mol. The monoisotopic (exact) mass is 986 g/mol. The summed E-state index contributed by atoms with van der Waals surface area (Å²) in [5.41, 5.74) is 12.8. The van der Waals surface area contributed by atoms with Gasteiger partial charge in [0.1, 0.15) is 30.3 Å². The van der Waals surface area contributed by atoms with Gasteiger partial charge in [0, 0.05) is 54.1 Å². The lowest BCUT2D eigenvalue weighted by atomic mass is 9.67. The Morgan fingerprint density at radius 3 is 2.15 bits per heavy atom. The number of fused-ring (bicyclic) bond motifs is 8. The third-order valence-corrected chi connectivity index (χ3v) is 17.4. The van der Waals surface area contributed by atoms with Crippen LogP contribution in [0.5, 0.6) is 5.75 Å². The van der Waals surface area contributed by atoms with Crippen LogP contribution in [-0.4, -0.2) is 80.3 Å². The number of allylic oxidation sites excluding steroid dienone is 3. The van der Waals surface area contributed by atoms with E-state index in [9.17, 15) is 4.79 Å². The first-order valence-corrected chi connectivity index (χ1v) is 30.1. The molecule has 0 spiro atoms. The standard InChI is InChI=1S/C63H75NO7Si/c1-9-29-62(30-10-2)56-41-47(46-19-23-50(24-20-46)72(6,7)8)21-25-53(56)58-54-42-49(64-32-15-12-16-33-64)22-26-52(54)61-59(60(58)62)51(28-34-70-61)55-43-63(31-27-57(55)66-5,48-17-13-11-14-18-48)71-40-38-68-36-35-67-37-39-69-45(4)44(3)65/h11,13-14,17-28,31,41-42H,4,9-10,12,15-16,29-30,32-40,43H2,1-3,5-8H3. The Bertz CT molecular complexity index is 2860. The third kappa shape index (κ3) is 10.1. The third-order valence-electron chi connectivity index (χ3n) is 15.4. The quantitative estimate of drug-likeness (QED) is 0.0294. The summed E-state index contributed by atoms with van der Waals surface area (Å²) in [6, 6.07) is 34.5. The van der Waals surface area contributed by atoms with E-state index in [1.165, 1.54) is 81.4 Å². The number of hydrogen-bond donors (Lipinski definition) is 0. The van der Waals surface area contributed by atoms with Gasteiger partial charge in [-0.05, 0) is 125 Å². The summed E-state index contributed by atoms with van der Waals surface area (Å²) in [4.78, 5) is 14.0. The summed E-state index contributed by atoms with van der Waals surface area (Å²) < 4.78 is 37.6. The maximum Gasteiger partial charge on any atom is 0.193 e. The largest absolute Gasteiger partial charge is 0.496 e. The van der Waals surface area contributed by atoms with Gasteiger partial charge in [0.25, 0.3) is 0 Å². The lowest BCUT2D eigenvalue weighted by Gasteiger charge is -2.39. The van der Waals surface area contributed by atoms with Crippen molar-refractivity contribution in [3.8, 4) is 28.0 Å². The molecule has 9 heteroatoms. The first-order chi connectivity index (χ1) is 34.9. The molecule has 378 valence electrons. The van der Waals surface area contributed by atoms with Crippen LogP contribution in [0.2, 0.25) is 19.6 Å². The number of nitrogens with zero attached hydrogens (tertiary/aromatic N) is 1. The van der Waals surface area contributed by atoms with E-state index in [0.717, 1.165) is 72.4 Å². The molecule has 2 aliphatic heterocycles. The molecule has 9 rings (SSSR count). The van der Waals surface area contributed by atoms with Crippen molar-refractivity contribution in [2.24, 2.45) is 0 Å². The zero-order valence-corrected chi connectivity index (χ0v) is 44.9. The van der Waals surface area contributed by atoms with E-state index in [0.29, 0.717) is 46.1 Å². The number of Topliss-reactive ketones (excluding diaryl/α,β-unsaturated/α-hetero) is 1. The van der Waals surface area contributed by atoms with Crippen molar-refractivity contribution in [3.63, 3.8) is 0 Å². The second-order valence-corrected chi connectivity index (χ2v) is 26.1. The Kier molecular flexibility index (Phi) is 15.8. The van der Waals surface area contributed by atoms with Crippen molar-refractivity contribution in [2.75, 3.05) is 71.3 Å². The van der Waals surface area contributed by atoms with Gasteiger partial charge >= 0.3 is 0 Å². The van der Waals surface area contributed by atoms with Gasteiger partial charge in [0.05, 0.1) is 48.2 Å². The highest BCUT2D eigenvalue weighted by Gasteiger charge is 2.48. The van der Waals surface area contributed by atoms with Crippen molar-refractivity contribution in [3.05, 3.63) is 155 Å². The number of piperidine rings is 1. The topological polar surface area (TPSA) is 75.7 Å². The molecule has 1 unspecified atom stereocenters. The van der Waals surface area contributed by atoms with Gasteiger partial charge in [-0.3, -0.25) is 4.79 Å². The highest BCUT2D eigenvalue weighted by atomic mass is 28.3. The van der Waals surface area contributed by atoms with Crippen LogP contribution in [0.3, 0.4) is 0 Å². The zero-order valence-electron chi connectivity index (χ0n) is 43.9. The van der Waals surface area contributed by atoms with Crippen molar-refractivity contribution in [2.45, 2.75) is 103 Å². The van der Waals surface area contributed by atoms with Crippen LogP contribution in [0.4, 0.5) is 5.69 Å². The highest BCUT2D eigenvalue weighted by Crippen LogP contribution is 2.62. The molecule has 1 saturated heterocycles. The van der Waals surface area contributed by atoms with Crippen LogP contribution in [-0.2, 0) is 39.5 Å². The summed E-state index contributed by atoms with van der Waals surface area (Å²) in [5.74, 6) is 1.75. The molecule has 0 N–H and O–H groups in total. The molecule has 1 atom stereocenters. The normalized spacial score (nSPS) is 18.0. The lowest BCUT2D eigenvalue weighted by Crippen LogP contribution is -2.37. The van der Waals surface area contributed by atoms with Gasteiger partial charge < -0.3 is 33.3 Å². The van der Waals surface area contributed by atoms with Crippen molar-refractivity contribution < 1.29 is 33.2 Å². The number of carbonyl (C=O) groups excluding carboxylic acids is 1. The first-order valence-electron chi connectivity index (χ1n) is 26.6. The molecule has 2 heterocycles. The predicted molar refractivity (Wildman–Crippen MR) is 297 cm³/mol. The number of methoxy groups -OCH3 is 1. The van der Waals surface area contributed by atoms with E-state index >= 15 is 0 Å². The molecule has 5 aromatic rings. The number of ketones is 1. The smallest absolute Gasteiger partial charge is 0.193 e. The summed E-state index contributed by atoms with van der Waals surface area (Å²) in [7, 11) is 0.324. The zero-order chi connectivity index (χ0) is 50.5. The van der Waals surface area contributed by atoms with Crippen LogP contribution < -0.4 is 14.8 Å². The Labute approximate surface area is 429 Å².